The normalized spacial score (nSPS) is 24.6. The van der Waals surface area contributed by atoms with Crippen molar-refractivity contribution in [3.05, 3.63) is 0 Å². The Bertz CT molecular complexity index is 170. The maximum atomic E-state index is 5.96. The van der Waals surface area contributed by atoms with Crippen LogP contribution >= 0.6 is 0 Å². The Labute approximate surface area is 102 Å². The molecule has 1 rings (SSSR count). The van der Waals surface area contributed by atoms with Gasteiger partial charge in [-0.2, -0.15) is 0 Å². The van der Waals surface area contributed by atoms with Crippen molar-refractivity contribution in [1.82, 2.24) is 4.90 Å². The largest absolute Gasteiger partial charge is 0.329 e. The van der Waals surface area contributed by atoms with Crippen molar-refractivity contribution in [3.63, 3.8) is 0 Å². The highest BCUT2D eigenvalue weighted by molar-refractivity contribution is 4.82. The predicted molar refractivity (Wildman–Crippen MR) is 71.6 cm³/mol. The molecule has 1 fully saturated rings. The summed E-state index contributed by atoms with van der Waals surface area (Å²) >= 11 is 0. The molecule has 2 atom stereocenters. The van der Waals surface area contributed by atoms with Crippen LogP contribution in [0.3, 0.4) is 0 Å². The second-order valence-corrected chi connectivity index (χ2v) is 5.18. The van der Waals surface area contributed by atoms with E-state index in [1.54, 1.807) is 0 Å². The molecule has 1 heterocycles. The van der Waals surface area contributed by atoms with Crippen LogP contribution in [0.4, 0.5) is 0 Å². The van der Waals surface area contributed by atoms with Gasteiger partial charge >= 0.3 is 0 Å². The SMILES string of the molecule is CCCCCC(CN)N1CCCCC1CC. The summed E-state index contributed by atoms with van der Waals surface area (Å²) in [5.41, 5.74) is 5.96. The first-order chi connectivity index (χ1) is 7.83. The van der Waals surface area contributed by atoms with E-state index in [0.717, 1.165) is 12.6 Å². The lowest BCUT2D eigenvalue weighted by molar-refractivity contribution is 0.0888. The molecule has 1 aliphatic rings. The van der Waals surface area contributed by atoms with Crippen molar-refractivity contribution in [2.75, 3.05) is 13.1 Å². The zero-order valence-electron chi connectivity index (χ0n) is 11.3. The lowest BCUT2D eigenvalue weighted by Gasteiger charge is -2.40. The lowest BCUT2D eigenvalue weighted by atomic mass is 9.95. The topological polar surface area (TPSA) is 29.3 Å². The second kappa shape index (κ2) is 8.08. The van der Waals surface area contributed by atoms with Crippen LogP contribution in [0.1, 0.15) is 65.2 Å². The lowest BCUT2D eigenvalue weighted by Crippen LogP contribution is -2.49. The number of likely N-dealkylation sites (tertiary alicyclic amines) is 1. The maximum Gasteiger partial charge on any atom is 0.0221 e. The molecule has 0 aromatic rings. The molecule has 0 aliphatic carbocycles. The molecule has 0 radical (unpaired) electrons. The number of piperidine rings is 1. The summed E-state index contributed by atoms with van der Waals surface area (Å²) in [5, 5.41) is 0. The summed E-state index contributed by atoms with van der Waals surface area (Å²) in [6.45, 7) is 6.72. The first-order valence-electron chi connectivity index (χ1n) is 7.29. The average molecular weight is 226 g/mol. The monoisotopic (exact) mass is 226 g/mol. The molecule has 2 heteroatoms. The molecule has 0 aromatic carbocycles. The van der Waals surface area contributed by atoms with E-state index in [1.807, 2.05) is 0 Å². The van der Waals surface area contributed by atoms with Gasteiger partial charge in [0, 0.05) is 18.6 Å². The number of hydrogen-bond donors (Lipinski definition) is 1. The molecule has 16 heavy (non-hydrogen) atoms. The van der Waals surface area contributed by atoms with E-state index in [-0.39, 0.29) is 0 Å². The summed E-state index contributed by atoms with van der Waals surface area (Å²) in [7, 11) is 0. The van der Waals surface area contributed by atoms with Gasteiger partial charge in [-0.15, -0.1) is 0 Å². The van der Waals surface area contributed by atoms with E-state index >= 15 is 0 Å². The first kappa shape index (κ1) is 14.0. The van der Waals surface area contributed by atoms with Crippen LogP contribution in [0.25, 0.3) is 0 Å². The van der Waals surface area contributed by atoms with Crippen LogP contribution in [-0.4, -0.2) is 30.1 Å². The molecule has 2 N–H and O–H groups in total. The van der Waals surface area contributed by atoms with E-state index in [4.69, 9.17) is 5.73 Å². The van der Waals surface area contributed by atoms with Gasteiger partial charge in [-0.25, -0.2) is 0 Å². The van der Waals surface area contributed by atoms with Crippen molar-refractivity contribution in [2.24, 2.45) is 5.73 Å². The molecule has 1 aliphatic heterocycles. The third-order valence-corrected chi connectivity index (χ3v) is 4.03. The van der Waals surface area contributed by atoms with Gasteiger partial charge in [0.2, 0.25) is 0 Å². The van der Waals surface area contributed by atoms with Crippen LogP contribution < -0.4 is 5.73 Å². The Morgan fingerprint density at radius 2 is 2.06 bits per heavy atom. The predicted octanol–water partition coefficient (Wildman–Crippen LogP) is 3.16. The van der Waals surface area contributed by atoms with Gasteiger partial charge in [0.25, 0.3) is 0 Å². The van der Waals surface area contributed by atoms with Crippen LogP contribution in [0.2, 0.25) is 0 Å². The molecule has 0 amide bonds. The third kappa shape index (κ3) is 4.06. The van der Waals surface area contributed by atoms with Gasteiger partial charge in [-0.3, -0.25) is 4.90 Å². The highest BCUT2D eigenvalue weighted by Crippen LogP contribution is 2.23. The van der Waals surface area contributed by atoms with Crippen molar-refractivity contribution in [1.29, 1.82) is 0 Å². The number of hydrogen-bond acceptors (Lipinski definition) is 2. The molecular formula is C14H30N2. The highest BCUT2D eigenvalue weighted by atomic mass is 15.2. The molecular weight excluding hydrogens is 196 g/mol. The molecule has 96 valence electrons. The summed E-state index contributed by atoms with van der Waals surface area (Å²) in [6, 6.07) is 1.46. The van der Waals surface area contributed by atoms with Gasteiger partial charge in [-0.05, 0) is 32.2 Å². The smallest absolute Gasteiger partial charge is 0.0221 e. The van der Waals surface area contributed by atoms with Crippen LogP contribution in [0, 0.1) is 0 Å². The van der Waals surface area contributed by atoms with E-state index in [1.165, 1.54) is 57.9 Å². The van der Waals surface area contributed by atoms with Gasteiger partial charge in [0.05, 0.1) is 0 Å². The van der Waals surface area contributed by atoms with E-state index in [0.29, 0.717) is 6.04 Å². The average Bonchev–Trinajstić information content (AvgIpc) is 2.35. The fraction of sp³-hybridized carbons (Fsp3) is 1.00. The minimum atomic E-state index is 0.650. The van der Waals surface area contributed by atoms with Crippen LogP contribution in [-0.2, 0) is 0 Å². The Morgan fingerprint density at radius 3 is 2.69 bits per heavy atom. The Kier molecular flexibility index (Phi) is 7.06. The molecule has 2 unspecified atom stereocenters. The molecule has 0 spiro atoms. The zero-order chi connectivity index (χ0) is 11.8. The summed E-state index contributed by atoms with van der Waals surface area (Å²) < 4.78 is 0. The zero-order valence-corrected chi connectivity index (χ0v) is 11.3. The van der Waals surface area contributed by atoms with Gasteiger partial charge in [0.15, 0.2) is 0 Å². The van der Waals surface area contributed by atoms with E-state index in [2.05, 4.69) is 18.7 Å². The van der Waals surface area contributed by atoms with Crippen molar-refractivity contribution < 1.29 is 0 Å². The Hall–Kier alpha value is -0.0800. The van der Waals surface area contributed by atoms with Crippen LogP contribution in [0.5, 0.6) is 0 Å². The van der Waals surface area contributed by atoms with E-state index in [9.17, 15) is 0 Å². The summed E-state index contributed by atoms with van der Waals surface area (Å²) in [4.78, 5) is 2.71. The fourth-order valence-corrected chi connectivity index (χ4v) is 2.99. The first-order valence-corrected chi connectivity index (χ1v) is 7.29. The fourth-order valence-electron chi connectivity index (χ4n) is 2.99. The minimum absolute atomic E-state index is 0.650. The summed E-state index contributed by atoms with van der Waals surface area (Å²) in [5.74, 6) is 0. The number of unbranched alkanes of at least 4 members (excludes halogenated alkanes) is 2. The van der Waals surface area contributed by atoms with Crippen molar-refractivity contribution >= 4 is 0 Å². The number of rotatable bonds is 7. The molecule has 0 aromatic heterocycles. The Balaban J connectivity index is 2.41. The van der Waals surface area contributed by atoms with Gasteiger partial charge in [0.1, 0.15) is 0 Å². The van der Waals surface area contributed by atoms with Gasteiger partial charge in [-0.1, -0.05) is 39.5 Å². The third-order valence-electron chi connectivity index (χ3n) is 4.03. The van der Waals surface area contributed by atoms with Crippen molar-refractivity contribution in [2.45, 2.75) is 77.3 Å². The molecule has 2 nitrogen and oxygen atoms in total. The standard InChI is InChI=1S/C14H30N2/c1-3-5-6-10-14(12-15)16-11-8-7-9-13(16)4-2/h13-14H,3-12,15H2,1-2H3. The van der Waals surface area contributed by atoms with Crippen molar-refractivity contribution in [3.8, 4) is 0 Å². The molecule has 0 saturated carbocycles. The number of nitrogens with zero attached hydrogens (tertiary/aromatic N) is 1. The summed E-state index contributed by atoms with van der Waals surface area (Å²) in [6.07, 6.45) is 10.8. The molecule has 0 bridgehead atoms. The highest BCUT2D eigenvalue weighted by Gasteiger charge is 2.26. The maximum absolute atomic E-state index is 5.96. The Morgan fingerprint density at radius 1 is 1.25 bits per heavy atom. The van der Waals surface area contributed by atoms with E-state index < -0.39 is 0 Å². The minimum Gasteiger partial charge on any atom is -0.329 e. The van der Waals surface area contributed by atoms with Gasteiger partial charge < -0.3 is 5.73 Å². The van der Waals surface area contributed by atoms with Crippen LogP contribution in [0.15, 0.2) is 0 Å². The second-order valence-electron chi connectivity index (χ2n) is 5.18. The quantitative estimate of drug-likeness (QED) is 0.676. The number of nitrogens with two attached hydrogens (primary N) is 1. The molecule has 1 saturated heterocycles.